The minimum atomic E-state index is -0.248. The number of amides is 2. The number of nitrogens with zero attached hydrogens (tertiary/aromatic N) is 2. The highest BCUT2D eigenvalue weighted by Gasteiger charge is 2.59. The van der Waals surface area contributed by atoms with Gasteiger partial charge in [0.05, 0.1) is 5.92 Å². The van der Waals surface area contributed by atoms with E-state index in [0.717, 1.165) is 12.8 Å². The minimum Gasteiger partial charge on any atom is -0.349 e. The van der Waals surface area contributed by atoms with Crippen molar-refractivity contribution in [3.63, 3.8) is 0 Å². The molecule has 2 aliphatic carbocycles. The van der Waals surface area contributed by atoms with Crippen LogP contribution in [0.25, 0.3) is 0 Å². The van der Waals surface area contributed by atoms with Crippen LogP contribution in [0.2, 0.25) is 0 Å². The summed E-state index contributed by atoms with van der Waals surface area (Å²) in [5.74, 6) is 0.427. The van der Waals surface area contributed by atoms with Crippen LogP contribution in [0.15, 0.2) is 12.2 Å². The number of hydrogen-bond donors (Lipinski definition) is 0. The molecule has 21 heavy (non-hydrogen) atoms. The van der Waals surface area contributed by atoms with Crippen LogP contribution in [0.1, 0.15) is 33.1 Å². The first-order valence-electron chi connectivity index (χ1n) is 7.71. The van der Waals surface area contributed by atoms with E-state index in [1.165, 1.54) is 0 Å². The molecule has 0 aromatic carbocycles. The van der Waals surface area contributed by atoms with Gasteiger partial charge in [0, 0.05) is 34.6 Å². The van der Waals surface area contributed by atoms with Crippen molar-refractivity contribution in [1.29, 1.82) is 0 Å². The van der Waals surface area contributed by atoms with Crippen LogP contribution in [-0.2, 0) is 9.59 Å². The molecule has 0 heterocycles. The number of allylic oxidation sites excluding steroid dienone is 2. The topological polar surface area (TPSA) is 40.6 Å². The van der Waals surface area contributed by atoms with E-state index in [-0.39, 0.29) is 28.6 Å². The molecule has 0 N–H and O–H groups in total. The zero-order valence-corrected chi connectivity index (χ0v) is 14.1. The van der Waals surface area contributed by atoms with Crippen LogP contribution in [-0.4, -0.2) is 49.8 Å². The summed E-state index contributed by atoms with van der Waals surface area (Å²) in [6.45, 7) is 4.44. The number of hydrogen-bond acceptors (Lipinski definition) is 2. The van der Waals surface area contributed by atoms with Crippen LogP contribution in [0.5, 0.6) is 0 Å². The molecule has 0 aromatic heterocycles. The van der Waals surface area contributed by atoms with E-state index in [9.17, 15) is 9.59 Å². The lowest BCUT2D eigenvalue weighted by Crippen LogP contribution is -2.48. The molecule has 2 aliphatic rings. The van der Waals surface area contributed by atoms with Crippen LogP contribution in [0.4, 0.5) is 0 Å². The predicted molar refractivity (Wildman–Crippen MR) is 83.6 cm³/mol. The van der Waals surface area contributed by atoms with E-state index in [1.807, 2.05) is 0 Å². The Bertz CT molecular complexity index is 483. The summed E-state index contributed by atoms with van der Waals surface area (Å²) in [5.41, 5.74) is -0.111. The lowest BCUT2D eigenvalue weighted by atomic mass is 9.59. The molecule has 2 bridgehead atoms. The molecule has 118 valence electrons. The minimum absolute atomic E-state index is 0.0284. The molecular weight excluding hydrogens is 264 g/mol. The van der Waals surface area contributed by atoms with Crippen molar-refractivity contribution in [2.75, 3.05) is 28.2 Å². The van der Waals surface area contributed by atoms with Crippen molar-refractivity contribution >= 4 is 11.8 Å². The van der Waals surface area contributed by atoms with Crippen molar-refractivity contribution in [3.8, 4) is 0 Å². The first kappa shape index (κ1) is 16.1. The van der Waals surface area contributed by atoms with Gasteiger partial charge in [-0.05, 0) is 29.6 Å². The maximum absolute atomic E-state index is 12.7. The number of fused-ring (bicyclic) bond motifs is 2. The van der Waals surface area contributed by atoms with Gasteiger partial charge in [0.1, 0.15) is 0 Å². The lowest BCUT2D eigenvalue weighted by Gasteiger charge is -2.45. The summed E-state index contributed by atoms with van der Waals surface area (Å²) < 4.78 is 0. The van der Waals surface area contributed by atoms with Crippen molar-refractivity contribution in [2.24, 2.45) is 22.7 Å². The molecule has 4 unspecified atom stereocenters. The van der Waals surface area contributed by atoms with Crippen LogP contribution in [0.3, 0.4) is 0 Å². The van der Waals surface area contributed by atoms with E-state index in [0.29, 0.717) is 12.3 Å². The molecule has 0 radical (unpaired) electrons. The molecule has 4 heteroatoms. The average Bonchev–Trinajstić information content (AvgIpc) is 2.87. The summed E-state index contributed by atoms with van der Waals surface area (Å²) in [5, 5.41) is 0. The molecule has 0 spiro atoms. The number of carbonyl (C=O) groups is 2. The second-order valence-corrected chi connectivity index (χ2v) is 7.64. The Morgan fingerprint density at radius 3 is 2.14 bits per heavy atom. The van der Waals surface area contributed by atoms with Crippen LogP contribution in [0, 0.1) is 22.7 Å². The Morgan fingerprint density at radius 1 is 1.14 bits per heavy atom. The van der Waals surface area contributed by atoms with Crippen LogP contribution < -0.4 is 0 Å². The van der Waals surface area contributed by atoms with Gasteiger partial charge in [-0.3, -0.25) is 9.59 Å². The van der Waals surface area contributed by atoms with E-state index >= 15 is 0 Å². The number of rotatable bonds is 4. The zero-order valence-electron chi connectivity index (χ0n) is 14.1. The standard InChI is InChI=1S/C17H28N2O2/c1-16-8-7-12(10-16)11-17(16,2)13(15(21)19(5)6)9-14(20)18(3)4/h7-8,12-13H,9-11H2,1-6H3. The van der Waals surface area contributed by atoms with Gasteiger partial charge in [-0.25, -0.2) is 0 Å². The Labute approximate surface area is 128 Å². The largest absolute Gasteiger partial charge is 0.349 e. The zero-order chi connectivity index (χ0) is 16.0. The average molecular weight is 292 g/mol. The highest BCUT2D eigenvalue weighted by molar-refractivity contribution is 5.86. The summed E-state index contributed by atoms with van der Waals surface area (Å²) in [6.07, 6.45) is 6.97. The summed E-state index contributed by atoms with van der Waals surface area (Å²) in [4.78, 5) is 28.2. The fourth-order valence-electron chi connectivity index (χ4n) is 4.16. The Hall–Kier alpha value is -1.32. The third kappa shape index (κ3) is 2.49. The van der Waals surface area contributed by atoms with E-state index in [1.54, 1.807) is 38.0 Å². The molecular formula is C17H28N2O2. The Morgan fingerprint density at radius 2 is 1.76 bits per heavy atom. The molecule has 4 nitrogen and oxygen atoms in total. The second-order valence-electron chi connectivity index (χ2n) is 7.64. The van der Waals surface area contributed by atoms with Crippen LogP contribution >= 0.6 is 0 Å². The Kier molecular flexibility index (Phi) is 3.94. The van der Waals surface area contributed by atoms with Gasteiger partial charge in [-0.2, -0.15) is 0 Å². The third-order valence-corrected chi connectivity index (χ3v) is 5.80. The van der Waals surface area contributed by atoms with Crippen molar-refractivity contribution < 1.29 is 9.59 Å². The van der Waals surface area contributed by atoms with Gasteiger partial charge >= 0.3 is 0 Å². The third-order valence-electron chi connectivity index (χ3n) is 5.80. The molecule has 1 fully saturated rings. The fourth-order valence-corrected chi connectivity index (χ4v) is 4.16. The highest BCUT2D eigenvalue weighted by atomic mass is 16.2. The molecule has 2 rings (SSSR count). The van der Waals surface area contributed by atoms with Crippen molar-refractivity contribution in [2.45, 2.75) is 33.1 Å². The molecule has 1 saturated carbocycles. The summed E-state index contributed by atoms with van der Waals surface area (Å²) in [7, 11) is 7.07. The van der Waals surface area contributed by atoms with Gasteiger partial charge in [0.25, 0.3) is 0 Å². The van der Waals surface area contributed by atoms with E-state index in [2.05, 4.69) is 26.0 Å². The fraction of sp³-hybridized carbons (Fsp3) is 0.765. The monoisotopic (exact) mass is 292 g/mol. The maximum Gasteiger partial charge on any atom is 0.226 e. The van der Waals surface area contributed by atoms with E-state index < -0.39 is 0 Å². The molecule has 0 aliphatic heterocycles. The van der Waals surface area contributed by atoms with E-state index in [4.69, 9.17) is 0 Å². The predicted octanol–water partition coefficient (Wildman–Crippen LogP) is 2.16. The smallest absolute Gasteiger partial charge is 0.226 e. The quantitative estimate of drug-likeness (QED) is 0.745. The normalized spacial score (nSPS) is 34.9. The molecule has 0 saturated heterocycles. The first-order valence-corrected chi connectivity index (χ1v) is 7.71. The highest BCUT2D eigenvalue weighted by Crippen LogP contribution is 2.64. The molecule has 4 atom stereocenters. The summed E-state index contributed by atoms with van der Waals surface area (Å²) in [6, 6.07) is 0. The van der Waals surface area contributed by atoms with Gasteiger partial charge in [0.15, 0.2) is 0 Å². The molecule has 0 aromatic rings. The lowest BCUT2D eigenvalue weighted by molar-refractivity contribution is -0.145. The maximum atomic E-state index is 12.7. The van der Waals surface area contributed by atoms with Gasteiger partial charge < -0.3 is 9.80 Å². The number of carbonyl (C=O) groups excluding carboxylic acids is 2. The SMILES string of the molecule is CN(C)C(=O)CC(C(=O)N(C)C)C1(C)CC2C=CC1(C)C2. The van der Waals surface area contributed by atoms with Gasteiger partial charge in [0.2, 0.25) is 11.8 Å². The van der Waals surface area contributed by atoms with Gasteiger partial charge in [-0.15, -0.1) is 0 Å². The van der Waals surface area contributed by atoms with Crippen molar-refractivity contribution in [1.82, 2.24) is 9.80 Å². The van der Waals surface area contributed by atoms with Crippen molar-refractivity contribution in [3.05, 3.63) is 12.2 Å². The second kappa shape index (κ2) is 5.15. The summed E-state index contributed by atoms with van der Waals surface area (Å²) >= 11 is 0. The first-order chi connectivity index (χ1) is 9.60. The Balaban J connectivity index is 2.34. The molecule has 2 amide bonds. The van der Waals surface area contributed by atoms with Gasteiger partial charge in [-0.1, -0.05) is 26.0 Å².